The highest BCUT2D eigenvalue weighted by Gasteiger charge is 2.34. The predicted octanol–water partition coefficient (Wildman–Crippen LogP) is 0.835. The van der Waals surface area contributed by atoms with Gasteiger partial charge < -0.3 is 15.2 Å². The molecule has 0 radical (unpaired) electrons. The SMILES string of the molecule is COCC(C)(NC(=O)Cc1ccccc1)C(=O)O. The summed E-state index contributed by atoms with van der Waals surface area (Å²) in [6.07, 6.45) is 0.146. The molecule has 18 heavy (non-hydrogen) atoms. The Morgan fingerprint density at radius 2 is 1.94 bits per heavy atom. The van der Waals surface area contributed by atoms with Gasteiger partial charge in [0.15, 0.2) is 5.54 Å². The zero-order valence-corrected chi connectivity index (χ0v) is 10.5. The molecule has 0 aromatic heterocycles. The molecule has 2 N–H and O–H groups in total. The van der Waals surface area contributed by atoms with Crippen LogP contribution in [-0.4, -0.2) is 36.2 Å². The summed E-state index contributed by atoms with van der Waals surface area (Å²) < 4.78 is 4.82. The quantitative estimate of drug-likeness (QED) is 0.785. The zero-order valence-electron chi connectivity index (χ0n) is 10.5. The summed E-state index contributed by atoms with van der Waals surface area (Å²) in [5.74, 6) is -1.46. The average Bonchev–Trinajstić information content (AvgIpc) is 2.30. The number of carboxylic acid groups (broad SMARTS) is 1. The van der Waals surface area contributed by atoms with E-state index < -0.39 is 11.5 Å². The largest absolute Gasteiger partial charge is 0.479 e. The second kappa shape index (κ2) is 6.16. The Bertz CT molecular complexity index is 418. The van der Waals surface area contributed by atoms with Gasteiger partial charge in [0.1, 0.15) is 0 Å². The molecule has 5 heteroatoms. The van der Waals surface area contributed by atoms with Crippen LogP contribution in [0.15, 0.2) is 30.3 Å². The first-order valence-corrected chi connectivity index (χ1v) is 5.55. The summed E-state index contributed by atoms with van der Waals surface area (Å²) in [5.41, 5.74) is -0.569. The lowest BCUT2D eigenvalue weighted by Gasteiger charge is -2.25. The van der Waals surface area contributed by atoms with Crippen molar-refractivity contribution in [1.82, 2.24) is 5.32 Å². The van der Waals surface area contributed by atoms with Crippen LogP contribution in [0.1, 0.15) is 12.5 Å². The number of carboxylic acids is 1. The summed E-state index contributed by atoms with van der Waals surface area (Å²) in [6.45, 7) is 1.34. The van der Waals surface area contributed by atoms with Gasteiger partial charge in [-0.05, 0) is 12.5 Å². The maximum absolute atomic E-state index is 11.8. The number of nitrogens with one attached hydrogen (secondary N) is 1. The number of ether oxygens (including phenoxy) is 1. The summed E-state index contributed by atoms with van der Waals surface area (Å²) >= 11 is 0. The third-order valence-electron chi connectivity index (χ3n) is 2.53. The number of rotatable bonds is 6. The van der Waals surface area contributed by atoms with Crippen LogP contribution in [0.2, 0.25) is 0 Å². The van der Waals surface area contributed by atoms with Crippen molar-refractivity contribution in [1.29, 1.82) is 0 Å². The summed E-state index contributed by atoms with van der Waals surface area (Å²) in [5, 5.41) is 11.6. The van der Waals surface area contributed by atoms with Crippen LogP contribution < -0.4 is 5.32 Å². The van der Waals surface area contributed by atoms with Gasteiger partial charge in [-0.15, -0.1) is 0 Å². The Morgan fingerprint density at radius 1 is 1.33 bits per heavy atom. The van der Waals surface area contributed by atoms with Gasteiger partial charge in [-0.3, -0.25) is 4.79 Å². The third-order valence-corrected chi connectivity index (χ3v) is 2.53. The third kappa shape index (κ3) is 3.85. The van der Waals surface area contributed by atoms with Crippen LogP contribution >= 0.6 is 0 Å². The van der Waals surface area contributed by atoms with Crippen molar-refractivity contribution in [3.63, 3.8) is 0 Å². The molecule has 1 aromatic carbocycles. The monoisotopic (exact) mass is 251 g/mol. The number of carbonyl (C=O) groups excluding carboxylic acids is 1. The van der Waals surface area contributed by atoms with E-state index in [4.69, 9.17) is 9.84 Å². The normalized spacial score (nSPS) is 13.7. The zero-order chi connectivity index (χ0) is 13.6. The lowest BCUT2D eigenvalue weighted by atomic mass is 10.0. The molecule has 5 nitrogen and oxygen atoms in total. The van der Waals surface area contributed by atoms with Gasteiger partial charge in [0.25, 0.3) is 0 Å². The second-order valence-electron chi connectivity index (χ2n) is 4.28. The molecule has 98 valence electrons. The summed E-state index contributed by atoms with van der Waals surface area (Å²) in [6, 6.07) is 9.14. The fourth-order valence-electron chi connectivity index (χ4n) is 1.57. The van der Waals surface area contributed by atoms with Gasteiger partial charge in [0, 0.05) is 7.11 Å². The van der Waals surface area contributed by atoms with Crippen molar-refractivity contribution < 1.29 is 19.4 Å². The molecule has 1 aromatic rings. The van der Waals surface area contributed by atoms with Crippen molar-refractivity contribution >= 4 is 11.9 Å². The van der Waals surface area contributed by atoms with Crippen LogP contribution in [0.5, 0.6) is 0 Å². The molecular formula is C13H17NO4. The van der Waals surface area contributed by atoms with E-state index in [1.807, 2.05) is 30.3 Å². The molecule has 0 saturated heterocycles. The van der Waals surface area contributed by atoms with Gasteiger partial charge in [0.2, 0.25) is 5.91 Å². The molecule has 0 aliphatic heterocycles. The highest BCUT2D eigenvalue weighted by Crippen LogP contribution is 2.06. The Morgan fingerprint density at radius 3 is 2.44 bits per heavy atom. The van der Waals surface area contributed by atoms with Gasteiger partial charge in [-0.1, -0.05) is 30.3 Å². The average molecular weight is 251 g/mol. The number of methoxy groups -OCH3 is 1. The Labute approximate surface area is 106 Å². The molecule has 0 aliphatic carbocycles. The van der Waals surface area contributed by atoms with Crippen molar-refractivity contribution in [2.75, 3.05) is 13.7 Å². The van der Waals surface area contributed by atoms with Gasteiger partial charge in [-0.25, -0.2) is 4.79 Å². The smallest absolute Gasteiger partial charge is 0.331 e. The fraction of sp³-hybridized carbons (Fsp3) is 0.385. The minimum absolute atomic E-state index is 0.0805. The maximum Gasteiger partial charge on any atom is 0.331 e. The molecule has 1 unspecified atom stereocenters. The Hall–Kier alpha value is -1.88. The Balaban J connectivity index is 2.65. The molecular weight excluding hydrogens is 234 g/mol. The Kier molecular flexibility index (Phi) is 4.85. The van der Waals surface area contributed by atoms with E-state index in [1.165, 1.54) is 14.0 Å². The summed E-state index contributed by atoms with van der Waals surface area (Å²) in [7, 11) is 1.39. The van der Waals surface area contributed by atoms with Crippen molar-refractivity contribution in [3.05, 3.63) is 35.9 Å². The van der Waals surface area contributed by atoms with E-state index in [0.717, 1.165) is 5.56 Å². The predicted molar refractivity (Wildman–Crippen MR) is 66.2 cm³/mol. The first-order chi connectivity index (χ1) is 8.48. The van der Waals surface area contributed by atoms with E-state index in [9.17, 15) is 9.59 Å². The summed E-state index contributed by atoms with van der Waals surface area (Å²) in [4.78, 5) is 22.9. The van der Waals surface area contributed by atoms with Crippen molar-refractivity contribution in [2.45, 2.75) is 18.9 Å². The van der Waals surface area contributed by atoms with E-state index >= 15 is 0 Å². The first kappa shape index (κ1) is 14.2. The van der Waals surface area contributed by atoms with Crippen LogP contribution in [0, 0.1) is 0 Å². The molecule has 1 amide bonds. The van der Waals surface area contributed by atoms with Crippen LogP contribution in [0.4, 0.5) is 0 Å². The minimum atomic E-state index is -1.40. The van der Waals surface area contributed by atoms with Gasteiger partial charge >= 0.3 is 5.97 Å². The number of hydrogen-bond acceptors (Lipinski definition) is 3. The van der Waals surface area contributed by atoms with Gasteiger partial charge in [-0.2, -0.15) is 0 Å². The molecule has 0 bridgehead atoms. The van der Waals surface area contributed by atoms with Crippen molar-refractivity contribution in [2.24, 2.45) is 0 Å². The highest BCUT2D eigenvalue weighted by atomic mass is 16.5. The fourth-order valence-corrected chi connectivity index (χ4v) is 1.57. The van der Waals surface area contributed by atoms with Crippen LogP contribution in [-0.2, 0) is 20.7 Å². The lowest BCUT2D eigenvalue weighted by Crippen LogP contribution is -2.55. The second-order valence-corrected chi connectivity index (χ2v) is 4.28. The van der Waals surface area contributed by atoms with Crippen LogP contribution in [0.3, 0.4) is 0 Å². The topological polar surface area (TPSA) is 75.6 Å². The minimum Gasteiger partial charge on any atom is -0.479 e. The molecule has 0 heterocycles. The highest BCUT2D eigenvalue weighted by molar-refractivity contribution is 5.87. The number of benzene rings is 1. The number of aliphatic carboxylic acids is 1. The maximum atomic E-state index is 11.8. The molecule has 0 saturated carbocycles. The molecule has 0 aliphatic rings. The van der Waals surface area contributed by atoms with E-state index in [-0.39, 0.29) is 18.9 Å². The van der Waals surface area contributed by atoms with Gasteiger partial charge in [0.05, 0.1) is 13.0 Å². The van der Waals surface area contributed by atoms with Crippen LogP contribution in [0.25, 0.3) is 0 Å². The molecule has 0 fully saturated rings. The first-order valence-electron chi connectivity index (χ1n) is 5.55. The molecule has 1 atom stereocenters. The number of carbonyl (C=O) groups is 2. The van der Waals surface area contributed by atoms with E-state index in [1.54, 1.807) is 0 Å². The van der Waals surface area contributed by atoms with E-state index in [0.29, 0.717) is 0 Å². The molecule has 1 rings (SSSR count). The number of amides is 1. The number of hydrogen-bond donors (Lipinski definition) is 2. The molecule has 0 spiro atoms. The van der Waals surface area contributed by atoms with E-state index in [2.05, 4.69) is 5.32 Å². The standard InChI is InChI=1S/C13H17NO4/c1-13(9-18-2,12(16)17)14-11(15)8-10-6-4-3-5-7-10/h3-7H,8-9H2,1-2H3,(H,14,15)(H,16,17). The van der Waals surface area contributed by atoms with Crippen molar-refractivity contribution in [3.8, 4) is 0 Å². The lowest BCUT2D eigenvalue weighted by molar-refractivity contribution is -0.149.